The molecule has 0 spiro atoms. The lowest BCUT2D eigenvalue weighted by Crippen LogP contribution is -2.37. The van der Waals surface area contributed by atoms with Gasteiger partial charge in [-0.3, -0.25) is 4.68 Å². The van der Waals surface area contributed by atoms with Crippen LogP contribution in [0.15, 0.2) is 17.3 Å². The summed E-state index contributed by atoms with van der Waals surface area (Å²) in [7, 11) is -1.46. The molecule has 1 saturated heterocycles. The molecule has 0 unspecified atom stereocenters. The van der Waals surface area contributed by atoms with Gasteiger partial charge in [0.05, 0.1) is 6.20 Å². The number of sulfonamides is 1. The Kier molecular flexibility index (Phi) is 5.17. The molecule has 0 saturated carbocycles. The summed E-state index contributed by atoms with van der Waals surface area (Å²) in [6.45, 7) is 5.03. The van der Waals surface area contributed by atoms with Gasteiger partial charge in [-0.05, 0) is 38.8 Å². The van der Waals surface area contributed by atoms with Gasteiger partial charge >= 0.3 is 0 Å². The van der Waals surface area contributed by atoms with E-state index in [-0.39, 0.29) is 0 Å². The van der Waals surface area contributed by atoms with Crippen molar-refractivity contribution >= 4 is 10.0 Å². The van der Waals surface area contributed by atoms with Crippen molar-refractivity contribution in [3.05, 3.63) is 12.4 Å². The number of aryl methyl sites for hydroxylation is 1. The molecule has 1 aromatic rings. The Labute approximate surface area is 121 Å². The van der Waals surface area contributed by atoms with Gasteiger partial charge in [0.15, 0.2) is 0 Å². The third kappa shape index (κ3) is 3.59. The molecule has 6 nitrogen and oxygen atoms in total. The summed E-state index contributed by atoms with van der Waals surface area (Å²) in [5.41, 5.74) is 0. The van der Waals surface area contributed by atoms with E-state index >= 15 is 0 Å². The summed E-state index contributed by atoms with van der Waals surface area (Å²) in [6.07, 6.45) is 5.92. The molecule has 0 atom stereocenters. The molecule has 1 fully saturated rings. The van der Waals surface area contributed by atoms with E-state index in [1.54, 1.807) is 15.2 Å². The zero-order valence-electron chi connectivity index (χ0n) is 12.2. The second kappa shape index (κ2) is 6.69. The van der Waals surface area contributed by atoms with E-state index in [0.29, 0.717) is 23.9 Å². The first-order chi connectivity index (χ1) is 9.54. The summed E-state index contributed by atoms with van der Waals surface area (Å²) in [4.78, 5) is 0.316. The van der Waals surface area contributed by atoms with Crippen LogP contribution in [0.4, 0.5) is 0 Å². The maximum absolute atomic E-state index is 12.5. The highest BCUT2D eigenvalue weighted by atomic mass is 32.2. The van der Waals surface area contributed by atoms with Gasteiger partial charge in [0.25, 0.3) is 0 Å². The Morgan fingerprint density at radius 1 is 1.40 bits per heavy atom. The largest absolute Gasteiger partial charge is 0.320 e. The average Bonchev–Trinajstić information content (AvgIpc) is 2.89. The summed E-state index contributed by atoms with van der Waals surface area (Å²) in [5.74, 6) is 0.616. The van der Waals surface area contributed by atoms with Crippen LogP contribution in [0.2, 0.25) is 0 Å². The molecule has 114 valence electrons. The first kappa shape index (κ1) is 15.5. The second-order valence-corrected chi connectivity index (χ2v) is 7.42. The second-order valence-electron chi connectivity index (χ2n) is 5.48. The monoisotopic (exact) mass is 300 g/mol. The molecule has 1 aliphatic heterocycles. The van der Waals surface area contributed by atoms with E-state index < -0.39 is 10.0 Å². The van der Waals surface area contributed by atoms with Gasteiger partial charge in [-0.1, -0.05) is 6.92 Å². The SMILES string of the molecule is CNCCCn1cc(S(=O)(=O)N2CCC(C)CC2)cn1. The predicted octanol–water partition coefficient (Wildman–Crippen LogP) is 0.913. The van der Waals surface area contributed by atoms with Crippen LogP contribution in [0, 0.1) is 5.92 Å². The maximum atomic E-state index is 12.5. The van der Waals surface area contributed by atoms with Crippen molar-refractivity contribution in [2.75, 3.05) is 26.7 Å². The molecule has 1 N–H and O–H groups in total. The van der Waals surface area contributed by atoms with Crippen LogP contribution >= 0.6 is 0 Å². The van der Waals surface area contributed by atoms with Gasteiger partial charge in [0.2, 0.25) is 10.0 Å². The molecule has 0 aliphatic carbocycles. The summed E-state index contributed by atoms with van der Waals surface area (Å²) < 4.78 is 28.3. The number of nitrogens with zero attached hydrogens (tertiary/aromatic N) is 3. The molecule has 7 heteroatoms. The average molecular weight is 300 g/mol. The molecule has 0 amide bonds. The fourth-order valence-electron chi connectivity index (χ4n) is 2.39. The van der Waals surface area contributed by atoms with Crippen molar-refractivity contribution in [1.82, 2.24) is 19.4 Å². The van der Waals surface area contributed by atoms with Gasteiger partial charge in [-0.2, -0.15) is 9.40 Å². The van der Waals surface area contributed by atoms with E-state index in [4.69, 9.17) is 0 Å². The maximum Gasteiger partial charge on any atom is 0.246 e. The van der Waals surface area contributed by atoms with Crippen molar-refractivity contribution in [2.45, 2.75) is 37.6 Å². The highest BCUT2D eigenvalue weighted by Crippen LogP contribution is 2.22. The Hall–Kier alpha value is -0.920. The Bertz CT molecular complexity index is 518. The standard InChI is InChI=1S/C13H24N4O2S/c1-12-4-8-17(9-5-12)20(18,19)13-10-15-16(11-13)7-3-6-14-2/h10-12,14H,3-9H2,1-2H3. The fraction of sp³-hybridized carbons (Fsp3) is 0.769. The molecule has 20 heavy (non-hydrogen) atoms. The molecular formula is C13H24N4O2S. The quantitative estimate of drug-likeness (QED) is 0.793. The van der Waals surface area contributed by atoms with Crippen molar-refractivity contribution in [2.24, 2.45) is 5.92 Å². The topological polar surface area (TPSA) is 67.2 Å². The zero-order valence-corrected chi connectivity index (χ0v) is 13.1. The van der Waals surface area contributed by atoms with Gasteiger partial charge in [0, 0.05) is 25.8 Å². The predicted molar refractivity (Wildman–Crippen MR) is 77.9 cm³/mol. The molecular weight excluding hydrogens is 276 g/mol. The van der Waals surface area contributed by atoms with Crippen LogP contribution in [0.5, 0.6) is 0 Å². The molecule has 1 aliphatic rings. The van der Waals surface area contributed by atoms with Crippen molar-refractivity contribution in [3.63, 3.8) is 0 Å². The van der Waals surface area contributed by atoms with Crippen LogP contribution in [0.3, 0.4) is 0 Å². The highest BCUT2D eigenvalue weighted by molar-refractivity contribution is 7.89. The van der Waals surface area contributed by atoms with E-state index in [2.05, 4.69) is 17.3 Å². The van der Waals surface area contributed by atoms with Gasteiger partial charge in [-0.15, -0.1) is 0 Å². The number of hydrogen-bond donors (Lipinski definition) is 1. The van der Waals surface area contributed by atoms with E-state index in [9.17, 15) is 8.42 Å². The molecule has 0 bridgehead atoms. The van der Waals surface area contributed by atoms with E-state index in [1.807, 2.05) is 7.05 Å². The van der Waals surface area contributed by atoms with E-state index in [1.165, 1.54) is 6.20 Å². The lowest BCUT2D eigenvalue weighted by atomic mass is 10.0. The lowest BCUT2D eigenvalue weighted by molar-refractivity contribution is 0.288. The number of aromatic nitrogens is 2. The summed E-state index contributed by atoms with van der Waals surface area (Å²) in [6, 6.07) is 0. The van der Waals surface area contributed by atoms with Crippen molar-refractivity contribution in [1.29, 1.82) is 0 Å². The zero-order chi connectivity index (χ0) is 14.6. The number of hydrogen-bond acceptors (Lipinski definition) is 4. The lowest BCUT2D eigenvalue weighted by Gasteiger charge is -2.28. The highest BCUT2D eigenvalue weighted by Gasteiger charge is 2.28. The van der Waals surface area contributed by atoms with Gasteiger partial charge < -0.3 is 5.32 Å². The van der Waals surface area contributed by atoms with Gasteiger partial charge in [0.1, 0.15) is 4.90 Å². The normalized spacial score (nSPS) is 18.5. The third-order valence-electron chi connectivity index (χ3n) is 3.80. The van der Waals surface area contributed by atoms with E-state index in [0.717, 1.165) is 32.4 Å². The molecule has 0 radical (unpaired) electrons. The van der Waals surface area contributed by atoms with Crippen LogP contribution in [-0.4, -0.2) is 49.2 Å². The first-order valence-corrected chi connectivity index (χ1v) is 8.65. The Morgan fingerprint density at radius 3 is 2.75 bits per heavy atom. The molecule has 0 aromatic carbocycles. The molecule has 2 rings (SSSR count). The number of piperidine rings is 1. The van der Waals surface area contributed by atoms with Gasteiger partial charge in [-0.25, -0.2) is 8.42 Å². The Morgan fingerprint density at radius 2 is 2.10 bits per heavy atom. The van der Waals surface area contributed by atoms with Crippen LogP contribution in [-0.2, 0) is 16.6 Å². The summed E-state index contributed by atoms with van der Waals surface area (Å²) >= 11 is 0. The van der Waals surface area contributed by atoms with Crippen molar-refractivity contribution in [3.8, 4) is 0 Å². The number of rotatable bonds is 6. The summed E-state index contributed by atoms with van der Waals surface area (Å²) in [5, 5.41) is 7.21. The minimum atomic E-state index is -3.36. The third-order valence-corrected chi connectivity index (χ3v) is 5.66. The minimum absolute atomic E-state index is 0.316. The Balaban J connectivity index is 2.02. The fourth-order valence-corrected chi connectivity index (χ4v) is 3.82. The first-order valence-electron chi connectivity index (χ1n) is 7.21. The number of nitrogens with one attached hydrogen (secondary N) is 1. The van der Waals surface area contributed by atoms with Crippen LogP contribution in [0.25, 0.3) is 0 Å². The molecule has 2 heterocycles. The van der Waals surface area contributed by atoms with Crippen molar-refractivity contribution < 1.29 is 8.42 Å². The smallest absolute Gasteiger partial charge is 0.246 e. The molecule has 1 aromatic heterocycles. The minimum Gasteiger partial charge on any atom is -0.320 e. The van der Waals surface area contributed by atoms with Crippen LogP contribution < -0.4 is 5.32 Å². The van der Waals surface area contributed by atoms with Crippen LogP contribution in [0.1, 0.15) is 26.2 Å².